The normalized spacial score (nSPS) is 14.7. The van der Waals surface area contributed by atoms with Crippen LogP contribution in [0.3, 0.4) is 0 Å². The molecule has 0 fully saturated rings. The number of hydrogen-bond donors (Lipinski definition) is 1. The first-order valence-corrected chi connectivity index (χ1v) is 9.94. The van der Waals surface area contributed by atoms with Crippen LogP contribution in [0.5, 0.6) is 5.75 Å². The van der Waals surface area contributed by atoms with Crippen molar-refractivity contribution in [2.75, 3.05) is 13.2 Å². The molecule has 1 aromatic rings. The number of carbonyl (C=O) groups excluding carboxylic acids is 2. The van der Waals surface area contributed by atoms with E-state index in [0.717, 1.165) is 5.56 Å². The van der Waals surface area contributed by atoms with Gasteiger partial charge in [-0.25, -0.2) is 9.52 Å². The van der Waals surface area contributed by atoms with E-state index in [1.165, 1.54) is 0 Å². The summed E-state index contributed by atoms with van der Waals surface area (Å²) in [4.78, 5) is 23.8. The van der Waals surface area contributed by atoms with Crippen molar-refractivity contribution >= 4 is 23.3 Å². The fraction of sp³-hybridized carbons (Fsp3) is 0.526. The summed E-state index contributed by atoms with van der Waals surface area (Å²) in [6, 6.07) is 8.91. The first-order chi connectivity index (χ1) is 13.2. The Hall–Kier alpha value is -2.60. The van der Waals surface area contributed by atoms with E-state index in [1.807, 2.05) is 18.6 Å². The maximum atomic E-state index is 12.2. The molecule has 3 atom stereocenters. The standard InChI is InChI=1S/C19H26N2O6S/c1-5-19(4,12-15(3)13-20)17(22)25-10-11-26-18(23)21-28(24)27-16-8-6-14(2)7-9-16/h6-9,15H,5,10-12H2,1-4H3,(H,21,23). The summed E-state index contributed by atoms with van der Waals surface area (Å²) in [6.07, 6.45) is -0.0535. The lowest BCUT2D eigenvalue weighted by molar-refractivity contribution is -0.157. The summed E-state index contributed by atoms with van der Waals surface area (Å²) in [5.74, 6) is -0.390. The van der Waals surface area contributed by atoms with Gasteiger partial charge in [-0.3, -0.25) is 4.79 Å². The van der Waals surface area contributed by atoms with Crippen molar-refractivity contribution in [3.63, 3.8) is 0 Å². The van der Waals surface area contributed by atoms with Gasteiger partial charge in [-0.15, -0.1) is 0 Å². The van der Waals surface area contributed by atoms with Crippen molar-refractivity contribution in [3.8, 4) is 11.8 Å². The average molecular weight is 410 g/mol. The monoisotopic (exact) mass is 410 g/mol. The third-order valence-electron chi connectivity index (χ3n) is 4.16. The molecule has 1 N–H and O–H groups in total. The van der Waals surface area contributed by atoms with Crippen LogP contribution in [-0.2, 0) is 25.5 Å². The number of rotatable bonds is 10. The van der Waals surface area contributed by atoms with Gasteiger partial charge in [0.2, 0.25) is 0 Å². The Morgan fingerprint density at radius 3 is 2.43 bits per heavy atom. The van der Waals surface area contributed by atoms with Crippen molar-refractivity contribution in [1.82, 2.24) is 4.72 Å². The molecule has 0 saturated carbocycles. The third-order valence-corrected chi connectivity index (χ3v) is 4.84. The van der Waals surface area contributed by atoms with Gasteiger partial charge in [0.15, 0.2) is 0 Å². The second kappa shape index (κ2) is 11.3. The molecule has 154 valence electrons. The van der Waals surface area contributed by atoms with Gasteiger partial charge in [0.25, 0.3) is 0 Å². The highest BCUT2D eigenvalue weighted by Crippen LogP contribution is 2.31. The molecule has 1 rings (SSSR count). The predicted octanol–water partition coefficient (Wildman–Crippen LogP) is 3.19. The van der Waals surface area contributed by atoms with Gasteiger partial charge in [0, 0.05) is 5.92 Å². The van der Waals surface area contributed by atoms with E-state index in [1.54, 1.807) is 38.1 Å². The molecule has 0 aliphatic rings. The number of ether oxygens (including phenoxy) is 2. The minimum atomic E-state index is -2.11. The van der Waals surface area contributed by atoms with Gasteiger partial charge in [-0.2, -0.15) is 9.47 Å². The zero-order valence-electron chi connectivity index (χ0n) is 16.5. The molecule has 0 aromatic heterocycles. The molecule has 0 aliphatic carbocycles. The highest BCUT2D eigenvalue weighted by atomic mass is 32.2. The van der Waals surface area contributed by atoms with Crippen LogP contribution < -0.4 is 8.91 Å². The summed E-state index contributed by atoms with van der Waals surface area (Å²) in [5, 5.41) is 8.93. The second-order valence-electron chi connectivity index (χ2n) is 6.65. The lowest BCUT2D eigenvalue weighted by Crippen LogP contribution is -2.33. The maximum absolute atomic E-state index is 12.2. The average Bonchev–Trinajstić information content (AvgIpc) is 2.66. The Balaban J connectivity index is 2.33. The molecule has 0 aliphatic heterocycles. The highest BCUT2D eigenvalue weighted by Gasteiger charge is 2.34. The number of esters is 1. The quantitative estimate of drug-likeness (QED) is 0.465. The maximum Gasteiger partial charge on any atom is 0.421 e. The van der Waals surface area contributed by atoms with Crippen LogP contribution in [-0.4, -0.2) is 29.5 Å². The molecule has 0 radical (unpaired) electrons. The van der Waals surface area contributed by atoms with Crippen molar-refractivity contribution in [3.05, 3.63) is 29.8 Å². The van der Waals surface area contributed by atoms with Gasteiger partial charge >= 0.3 is 23.3 Å². The number of nitrogens with zero attached hydrogens (tertiary/aromatic N) is 1. The summed E-state index contributed by atoms with van der Waals surface area (Å²) in [7, 11) is 0. The van der Waals surface area contributed by atoms with Crippen LogP contribution in [0, 0.1) is 29.6 Å². The number of amides is 1. The van der Waals surface area contributed by atoms with Gasteiger partial charge in [0.05, 0.1) is 11.5 Å². The molecule has 1 aromatic carbocycles. The SMILES string of the molecule is CCC(C)(CC(C)C#N)C(=O)OCCOC(=O)NS(=O)Oc1ccc(C)cc1. The molecular weight excluding hydrogens is 384 g/mol. The lowest BCUT2D eigenvalue weighted by Gasteiger charge is -2.26. The van der Waals surface area contributed by atoms with E-state index in [9.17, 15) is 13.8 Å². The third kappa shape index (κ3) is 7.96. The van der Waals surface area contributed by atoms with E-state index in [-0.39, 0.29) is 19.1 Å². The molecular formula is C19H26N2O6S. The van der Waals surface area contributed by atoms with Crippen LogP contribution >= 0.6 is 0 Å². The van der Waals surface area contributed by atoms with Crippen LogP contribution in [0.15, 0.2) is 24.3 Å². The Morgan fingerprint density at radius 2 is 1.86 bits per heavy atom. The predicted molar refractivity (Wildman–Crippen MR) is 103 cm³/mol. The van der Waals surface area contributed by atoms with Crippen LogP contribution in [0.1, 0.15) is 39.2 Å². The largest absolute Gasteiger partial charge is 0.462 e. The van der Waals surface area contributed by atoms with Crippen molar-refractivity contribution < 1.29 is 27.5 Å². The number of aryl methyl sites for hydroxylation is 1. The number of carbonyl (C=O) groups is 2. The van der Waals surface area contributed by atoms with Crippen molar-refractivity contribution in [2.45, 2.75) is 40.5 Å². The molecule has 1 amide bonds. The van der Waals surface area contributed by atoms with Crippen molar-refractivity contribution in [2.24, 2.45) is 11.3 Å². The van der Waals surface area contributed by atoms with E-state index < -0.39 is 28.7 Å². The first-order valence-electron chi connectivity index (χ1n) is 8.87. The number of nitrogens with one attached hydrogen (secondary N) is 1. The Kier molecular flexibility index (Phi) is 9.45. The molecule has 3 unspecified atom stereocenters. The smallest absolute Gasteiger partial charge is 0.421 e. The second-order valence-corrected chi connectivity index (χ2v) is 7.49. The molecule has 28 heavy (non-hydrogen) atoms. The summed E-state index contributed by atoms with van der Waals surface area (Å²) in [6.45, 7) is 6.88. The van der Waals surface area contributed by atoms with Crippen LogP contribution in [0.4, 0.5) is 4.79 Å². The van der Waals surface area contributed by atoms with E-state index >= 15 is 0 Å². The first kappa shape index (κ1) is 23.4. The van der Waals surface area contributed by atoms with E-state index in [2.05, 4.69) is 6.07 Å². The van der Waals surface area contributed by atoms with Gasteiger partial charge < -0.3 is 13.7 Å². The minimum absolute atomic E-state index is 0.145. The fourth-order valence-electron chi connectivity index (χ4n) is 2.34. The van der Waals surface area contributed by atoms with Gasteiger partial charge in [-0.05, 0) is 45.7 Å². The zero-order valence-corrected chi connectivity index (χ0v) is 17.3. The molecule has 0 spiro atoms. The minimum Gasteiger partial charge on any atom is -0.462 e. The molecule has 0 bridgehead atoms. The Morgan fingerprint density at radius 1 is 1.25 bits per heavy atom. The highest BCUT2D eigenvalue weighted by molar-refractivity contribution is 7.79. The van der Waals surface area contributed by atoms with E-state index in [4.69, 9.17) is 18.9 Å². The summed E-state index contributed by atoms with van der Waals surface area (Å²) >= 11 is -2.11. The zero-order chi connectivity index (χ0) is 21.2. The van der Waals surface area contributed by atoms with E-state index in [0.29, 0.717) is 18.6 Å². The number of benzene rings is 1. The van der Waals surface area contributed by atoms with Crippen LogP contribution in [0.25, 0.3) is 0 Å². The molecule has 0 saturated heterocycles. The van der Waals surface area contributed by atoms with Gasteiger partial charge in [-0.1, -0.05) is 24.6 Å². The lowest BCUT2D eigenvalue weighted by atomic mass is 9.79. The van der Waals surface area contributed by atoms with Crippen molar-refractivity contribution in [1.29, 1.82) is 5.26 Å². The van der Waals surface area contributed by atoms with Crippen LogP contribution in [0.2, 0.25) is 0 Å². The Labute approximate surface area is 168 Å². The molecule has 9 heteroatoms. The summed E-state index contributed by atoms with van der Waals surface area (Å²) < 4.78 is 28.7. The fourth-order valence-corrected chi connectivity index (χ4v) is 2.86. The molecule has 0 heterocycles. The Bertz CT molecular complexity index is 731. The number of hydrogen-bond acceptors (Lipinski definition) is 7. The summed E-state index contributed by atoms with van der Waals surface area (Å²) in [5.41, 5.74) is 0.238. The van der Waals surface area contributed by atoms with Gasteiger partial charge in [0.1, 0.15) is 19.0 Å². The molecule has 8 nitrogen and oxygen atoms in total. The topological polar surface area (TPSA) is 115 Å². The number of nitriles is 1.